The van der Waals surface area contributed by atoms with Crippen LogP contribution >= 0.6 is 0 Å². The van der Waals surface area contributed by atoms with Crippen molar-refractivity contribution in [3.05, 3.63) is 30.5 Å². The molecular weight excluding hydrogens is 332 g/mol. The molecule has 0 aliphatic carbocycles. The number of aromatic nitrogens is 2. The van der Waals surface area contributed by atoms with Gasteiger partial charge < -0.3 is 15.4 Å². The van der Waals surface area contributed by atoms with Crippen LogP contribution in [0.15, 0.2) is 30.5 Å². The molecule has 7 nitrogen and oxygen atoms in total. The van der Waals surface area contributed by atoms with Gasteiger partial charge in [0.2, 0.25) is 11.8 Å². The van der Waals surface area contributed by atoms with Crippen molar-refractivity contribution in [2.24, 2.45) is 11.7 Å². The average molecular weight is 356 g/mol. The van der Waals surface area contributed by atoms with Crippen LogP contribution in [0.25, 0.3) is 10.9 Å². The quantitative estimate of drug-likeness (QED) is 0.894. The third kappa shape index (κ3) is 3.31. The first-order valence-electron chi connectivity index (χ1n) is 9.25. The Morgan fingerprint density at radius 1 is 1.15 bits per heavy atom. The summed E-state index contributed by atoms with van der Waals surface area (Å²) in [5.41, 5.74) is 6.31. The molecule has 0 bridgehead atoms. The van der Waals surface area contributed by atoms with Crippen molar-refractivity contribution in [3.8, 4) is 0 Å². The zero-order valence-electron chi connectivity index (χ0n) is 14.7. The van der Waals surface area contributed by atoms with Gasteiger partial charge in [0, 0.05) is 18.5 Å². The zero-order valence-corrected chi connectivity index (χ0v) is 14.7. The van der Waals surface area contributed by atoms with Crippen LogP contribution in [0.2, 0.25) is 0 Å². The van der Waals surface area contributed by atoms with Crippen LogP contribution in [-0.4, -0.2) is 51.8 Å². The first-order chi connectivity index (χ1) is 12.6. The second-order valence-electron chi connectivity index (χ2n) is 7.22. The summed E-state index contributed by atoms with van der Waals surface area (Å²) in [7, 11) is 0. The van der Waals surface area contributed by atoms with Crippen molar-refractivity contribution in [1.82, 2.24) is 14.7 Å². The standard InChI is InChI=1S/C19H24N4O3/c20-19(25)17-6-5-16(26-17)13-7-9-22(10-8-13)18(24)12-23-15-4-2-1-3-14(15)11-21-23/h1-4,11,13,16-17H,5-10,12H2,(H2,20,25)/t16-,17+/m0/s1. The van der Waals surface area contributed by atoms with E-state index in [9.17, 15) is 9.59 Å². The molecule has 138 valence electrons. The number of piperidine rings is 1. The summed E-state index contributed by atoms with van der Waals surface area (Å²) in [6.45, 7) is 1.72. The molecule has 0 spiro atoms. The van der Waals surface area contributed by atoms with E-state index in [2.05, 4.69) is 5.10 Å². The number of hydrogen-bond acceptors (Lipinski definition) is 4. The SMILES string of the molecule is NC(=O)[C@H]1CC[C@@H](C2CCN(C(=O)Cn3ncc4ccccc43)CC2)O1. The summed E-state index contributed by atoms with van der Waals surface area (Å²) in [4.78, 5) is 25.8. The van der Waals surface area contributed by atoms with Gasteiger partial charge in [0.1, 0.15) is 12.6 Å². The summed E-state index contributed by atoms with van der Waals surface area (Å²) < 4.78 is 7.56. The van der Waals surface area contributed by atoms with Gasteiger partial charge in [0.05, 0.1) is 17.8 Å². The number of carbonyl (C=O) groups excluding carboxylic acids is 2. The molecule has 0 radical (unpaired) electrons. The Morgan fingerprint density at radius 2 is 1.92 bits per heavy atom. The lowest BCUT2D eigenvalue weighted by Crippen LogP contribution is -2.43. The van der Waals surface area contributed by atoms with Crippen molar-refractivity contribution in [2.75, 3.05) is 13.1 Å². The smallest absolute Gasteiger partial charge is 0.246 e. The minimum atomic E-state index is -0.437. The van der Waals surface area contributed by atoms with E-state index >= 15 is 0 Å². The first kappa shape index (κ1) is 17.0. The number of fused-ring (bicyclic) bond motifs is 1. The number of carbonyl (C=O) groups is 2. The van der Waals surface area contributed by atoms with E-state index in [4.69, 9.17) is 10.5 Å². The third-order valence-corrected chi connectivity index (χ3v) is 5.62. The number of amides is 2. The molecule has 2 aliphatic rings. The maximum absolute atomic E-state index is 12.7. The fraction of sp³-hybridized carbons (Fsp3) is 0.526. The number of primary amides is 1. The highest BCUT2D eigenvalue weighted by atomic mass is 16.5. The highest BCUT2D eigenvalue weighted by Crippen LogP contribution is 2.31. The fourth-order valence-corrected chi connectivity index (χ4v) is 4.12. The second-order valence-corrected chi connectivity index (χ2v) is 7.22. The zero-order chi connectivity index (χ0) is 18.1. The van der Waals surface area contributed by atoms with E-state index < -0.39 is 6.10 Å². The molecule has 26 heavy (non-hydrogen) atoms. The number of likely N-dealkylation sites (tertiary alicyclic amines) is 1. The lowest BCUT2D eigenvalue weighted by atomic mass is 9.89. The second kappa shape index (κ2) is 7.07. The highest BCUT2D eigenvalue weighted by molar-refractivity contribution is 5.82. The largest absolute Gasteiger partial charge is 0.367 e. The maximum Gasteiger partial charge on any atom is 0.246 e. The van der Waals surface area contributed by atoms with E-state index in [1.807, 2.05) is 29.2 Å². The van der Waals surface area contributed by atoms with Gasteiger partial charge in [-0.05, 0) is 37.7 Å². The van der Waals surface area contributed by atoms with Crippen molar-refractivity contribution in [2.45, 2.75) is 44.4 Å². The van der Waals surface area contributed by atoms with Crippen LogP contribution in [0, 0.1) is 5.92 Å². The molecule has 1 aromatic carbocycles. The topological polar surface area (TPSA) is 90.5 Å². The minimum Gasteiger partial charge on any atom is -0.367 e. The van der Waals surface area contributed by atoms with Gasteiger partial charge in [-0.25, -0.2) is 0 Å². The Balaban J connectivity index is 1.32. The van der Waals surface area contributed by atoms with Crippen LogP contribution in [0.5, 0.6) is 0 Å². The molecule has 2 aromatic rings. The lowest BCUT2D eigenvalue weighted by Gasteiger charge is -2.34. The normalized spacial score (nSPS) is 24.2. The number of ether oxygens (including phenoxy) is 1. The monoisotopic (exact) mass is 356 g/mol. The lowest BCUT2D eigenvalue weighted by molar-refractivity contribution is -0.135. The third-order valence-electron chi connectivity index (χ3n) is 5.62. The Bertz CT molecular complexity index is 810. The molecule has 3 heterocycles. The van der Waals surface area contributed by atoms with Crippen molar-refractivity contribution in [3.63, 3.8) is 0 Å². The molecule has 2 fully saturated rings. The summed E-state index contributed by atoms with van der Waals surface area (Å²) in [6.07, 6.45) is 4.86. The van der Waals surface area contributed by atoms with Crippen LogP contribution in [-0.2, 0) is 20.9 Å². The molecule has 7 heteroatoms. The van der Waals surface area contributed by atoms with Gasteiger partial charge in [-0.2, -0.15) is 5.10 Å². The van der Waals surface area contributed by atoms with E-state index in [1.54, 1.807) is 10.9 Å². The predicted molar refractivity (Wildman–Crippen MR) is 96.1 cm³/mol. The van der Waals surface area contributed by atoms with Crippen molar-refractivity contribution >= 4 is 22.7 Å². The number of para-hydroxylation sites is 1. The fourth-order valence-electron chi connectivity index (χ4n) is 4.12. The molecular formula is C19H24N4O3. The average Bonchev–Trinajstić information content (AvgIpc) is 3.30. The van der Waals surface area contributed by atoms with Gasteiger partial charge in [-0.1, -0.05) is 18.2 Å². The molecule has 1 aromatic heterocycles. The Hall–Kier alpha value is -2.41. The summed E-state index contributed by atoms with van der Waals surface area (Å²) in [6, 6.07) is 7.90. The Kier molecular flexibility index (Phi) is 4.63. The number of nitrogens with two attached hydrogens (primary N) is 1. The van der Waals surface area contributed by atoms with Gasteiger partial charge >= 0.3 is 0 Å². The molecule has 2 amide bonds. The number of benzene rings is 1. The minimum absolute atomic E-state index is 0.0969. The van der Waals surface area contributed by atoms with Gasteiger partial charge in [0.15, 0.2) is 0 Å². The molecule has 4 rings (SSSR count). The summed E-state index contributed by atoms with van der Waals surface area (Å²) in [5.74, 6) is 0.125. The number of hydrogen-bond donors (Lipinski definition) is 1. The molecule has 0 saturated carbocycles. The van der Waals surface area contributed by atoms with Crippen molar-refractivity contribution in [1.29, 1.82) is 0 Å². The molecule has 2 aliphatic heterocycles. The van der Waals surface area contributed by atoms with E-state index in [-0.39, 0.29) is 24.5 Å². The Morgan fingerprint density at radius 3 is 2.65 bits per heavy atom. The van der Waals surface area contributed by atoms with Crippen LogP contribution in [0.1, 0.15) is 25.7 Å². The summed E-state index contributed by atoms with van der Waals surface area (Å²) >= 11 is 0. The Labute approximate surface area is 152 Å². The molecule has 2 saturated heterocycles. The van der Waals surface area contributed by atoms with Gasteiger partial charge in [-0.3, -0.25) is 14.3 Å². The van der Waals surface area contributed by atoms with E-state index in [0.29, 0.717) is 12.3 Å². The number of rotatable bonds is 4. The summed E-state index contributed by atoms with van der Waals surface area (Å²) in [5, 5.41) is 5.38. The highest BCUT2D eigenvalue weighted by Gasteiger charge is 2.36. The maximum atomic E-state index is 12.7. The predicted octanol–water partition coefficient (Wildman–Crippen LogP) is 1.31. The molecule has 0 unspecified atom stereocenters. The number of nitrogens with zero attached hydrogens (tertiary/aromatic N) is 3. The van der Waals surface area contributed by atoms with Crippen LogP contribution in [0.4, 0.5) is 0 Å². The molecule has 2 N–H and O–H groups in total. The van der Waals surface area contributed by atoms with Gasteiger partial charge in [0.25, 0.3) is 0 Å². The van der Waals surface area contributed by atoms with Gasteiger partial charge in [-0.15, -0.1) is 0 Å². The van der Waals surface area contributed by atoms with E-state index in [1.165, 1.54) is 0 Å². The van der Waals surface area contributed by atoms with Crippen molar-refractivity contribution < 1.29 is 14.3 Å². The molecule has 2 atom stereocenters. The van der Waals surface area contributed by atoms with E-state index in [0.717, 1.165) is 43.3 Å². The first-order valence-corrected chi connectivity index (χ1v) is 9.25. The van der Waals surface area contributed by atoms with Crippen LogP contribution in [0.3, 0.4) is 0 Å². The van der Waals surface area contributed by atoms with Crippen LogP contribution < -0.4 is 5.73 Å².